The molecule has 3 saturated heterocycles. The van der Waals surface area contributed by atoms with E-state index in [-0.39, 0.29) is 59.6 Å². The van der Waals surface area contributed by atoms with E-state index < -0.39 is 0 Å². The molecule has 0 saturated carbocycles. The number of carbonyl (C=O) groups is 2. The predicted molar refractivity (Wildman–Crippen MR) is 94.0 cm³/mol. The normalized spacial score (nSPS) is 36.0. The van der Waals surface area contributed by atoms with Crippen LogP contribution in [0.15, 0.2) is 0 Å². The molecule has 3 fully saturated rings. The zero-order chi connectivity index (χ0) is 18.7. The third-order valence-corrected chi connectivity index (χ3v) is 6.52. The maximum atomic E-state index is 12.5. The second-order valence-electron chi connectivity index (χ2n) is 8.87. The molecule has 0 spiro atoms. The molecule has 0 aliphatic carbocycles. The van der Waals surface area contributed by atoms with Gasteiger partial charge in [-0.05, 0) is 41.5 Å². The summed E-state index contributed by atoms with van der Waals surface area (Å²) in [4.78, 5) is 29.0. The zero-order valence-corrected chi connectivity index (χ0v) is 16.5. The molecule has 0 radical (unpaired) electrons. The molecule has 5 atom stereocenters. The predicted octanol–water partition coefficient (Wildman–Crippen LogP) is 1.67. The van der Waals surface area contributed by atoms with Crippen LogP contribution in [0.5, 0.6) is 0 Å². The number of rotatable bonds is 5. The Morgan fingerprint density at radius 3 is 2.48 bits per heavy atom. The minimum atomic E-state index is -0.270. The number of esters is 1. The molecule has 3 heterocycles. The SMILES string of the molecule is CC(C)N(CC(=O)OC1CC2OC1C1C2C(=O)N(C)C1(C)C)C(C)C. The lowest BCUT2D eigenvalue weighted by molar-refractivity contribution is -0.156. The van der Waals surface area contributed by atoms with Crippen molar-refractivity contribution in [3.05, 3.63) is 0 Å². The van der Waals surface area contributed by atoms with Crippen LogP contribution in [0.4, 0.5) is 0 Å². The molecule has 0 aromatic rings. The monoisotopic (exact) mass is 352 g/mol. The Kier molecular flexibility index (Phi) is 4.65. The van der Waals surface area contributed by atoms with Crippen LogP contribution in [0.2, 0.25) is 0 Å². The first-order chi connectivity index (χ1) is 11.6. The van der Waals surface area contributed by atoms with Gasteiger partial charge in [-0.15, -0.1) is 0 Å². The summed E-state index contributed by atoms with van der Waals surface area (Å²) in [5, 5.41) is 0. The number of fused-ring (bicyclic) bond motifs is 5. The number of hydrogen-bond acceptors (Lipinski definition) is 5. The number of likely N-dealkylation sites (tertiary alicyclic amines) is 1. The van der Waals surface area contributed by atoms with Crippen LogP contribution in [0.25, 0.3) is 0 Å². The van der Waals surface area contributed by atoms with E-state index >= 15 is 0 Å². The van der Waals surface area contributed by atoms with E-state index in [4.69, 9.17) is 9.47 Å². The molecular formula is C19H32N2O4. The fraction of sp³-hybridized carbons (Fsp3) is 0.895. The minimum absolute atomic E-state index is 0.0808. The first-order valence-corrected chi connectivity index (χ1v) is 9.44. The lowest BCUT2D eigenvalue weighted by Crippen LogP contribution is -2.49. The Labute approximate surface area is 150 Å². The van der Waals surface area contributed by atoms with Gasteiger partial charge in [-0.3, -0.25) is 14.5 Å². The van der Waals surface area contributed by atoms with Crippen molar-refractivity contribution in [2.75, 3.05) is 13.6 Å². The molecule has 3 aliphatic heterocycles. The summed E-state index contributed by atoms with van der Waals surface area (Å²) < 4.78 is 11.9. The fourth-order valence-electron chi connectivity index (χ4n) is 5.01. The van der Waals surface area contributed by atoms with Crippen molar-refractivity contribution in [1.29, 1.82) is 0 Å². The van der Waals surface area contributed by atoms with Gasteiger partial charge in [0.2, 0.25) is 5.91 Å². The molecule has 6 heteroatoms. The van der Waals surface area contributed by atoms with Crippen molar-refractivity contribution in [2.45, 2.75) is 83.9 Å². The molecule has 5 unspecified atom stereocenters. The third-order valence-electron chi connectivity index (χ3n) is 6.52. The maximum absolute atomic E-state index is 12.5. The Morgan fingerprint density at radius 2 is 1.92 bits per heavy atom. The second kappa shape index (κ2) is 6.23. The Bertz CT molecular complexity index is 552. The fourth-order valence-corrected chi connectivity index (χ4v) is 5.01. The smallest absolute Gasteiger partial charge is 0.320 e. The summed E-state index contributed by atoms with van der Waals surface area (Å²) in [6.45, 7) is 12.8. The van der Waals surface area contributed by atoms with E-state index in [0.717, 1.165) is 0 Å². The van der Waals surface area contributed by atoms with Gasteiger partial charge in [0.15, 0.2) is 0 Å². The van der Waals surface area contributed by atoms with Crippen molar-refractivity contribution >= 4 is 11.9 Å². The molecule has 1 amide bonds. The molecule has 0 N–H and O–H groups in total. The maximum Gasteiger partial charge on any atom is 0.320 e. The van der Waals surface area contributed by atoms with E-state index in [0.29, 0.717) is 13.0 Å². The number of nitrogens with zero attached hydrogens (tertiary/aromatic N) is 2. The molecular weight excluding hydrogens is 320 g/mol. The van der Waals surface area contributed by atoms with Crippen LogP contribution >= 0.6 is 0 Å². The summed E-state index contributed by atoms with van der Waals surface area (Å²) >= 11 is 0. The van der Waals surface area contributed by atoms with Crippen LogP contribution < -0.4 is 0 Å². The lowest BCUT2D eigenvalue weighted by atomic mass is 9.72. The number of carbonyl (C=O) groups excluding carboxylic acids is 2. The van der Waals surface area contributed by atoms with E-state index in [2.05, 4.69) is 46.4 Å². The summed E-state index contributed by atoms with van der Waals surface area (Å²) in [7, 11) is 1.87. The summed E-state index contributed by atoms with van der Waals surface area (Å²) in [5.41, 5.74) is -0.270. The summed E-state index contributed by atoms with van der Waals surface area (Å²) in [6, 6.07) is 0.571. The quantitative estimate of drug-likeness (QED) is 0.705. The van der Waals surface area contributed by atoms with Crippen molar-refractivity contribution in [3.63, 3.8) is 0 Å². The van der Waals surface area contributed by atoms with Gasteiger partial charge in [-0.2, -0.15) is 0 Å². The Morgan fingerprint density at radius 1 is 1.32 bits per heavy atom. The van der Waals surface area contributed by atoms with Gasteiger partial charge < -0.3 is 14.4 Å². The van der Waals surface area contributed by atoms with Crippen LogP contribution in [-0.2, 0) is 19.1 Å². The van der Waals surface area contributed by atoms with Crippen LogP contribution in [-0.4, -0.2) is 71.2 Å². The molecule has 3 aliphatic rings. The minimum Gasteiger partial charge on any atom is -0.459 e. The largest absolute Gasteiger partial charge is 0.459 e. The van der Waals surface area contributed by atoms with Crippen molar-refractivity contribution in [3.8, 4) is 0 Å². The highest BCUT2D eigenvalue weighted by atomic mass is 16.6. The topological polar surface area (TPSA) is 59.1 Å². The standard InChI is InChI=1S/C19H32N2O4/c1-10(2)21(11(3)4)9-14(22)24-13-8-12-15-16(17(13)25-12)19(5,6)20(7)18(15)23/h10-13,15-17H,8-9H2,1-7H3. The van der Waals surface area contributed by atoms with Gasteiger partial charge in [0.05, 0.1) is 18.6 Å². The molecule has 0 aromatic carbocycles. The van der Waals surface area contributed by atoms with Crippen LogP contribution in [0, 0.1) is 11.8 Å². The van der Waals surface area contributed by atoms with Gasteiger partial charge in [0.25, 0.3) is 0 Å². The second-order valence-corrected chi connectivity index (χ2v) is 8.87. The number of ether oxygens (including phenoxy) is 2. The zero-order valence-electron chi connectivity index (χ0n) is 16.5. The summed E-state index contributed by atoms with van der Waals surface area (Å²) in [6.07, 6.45) is 0.111. The molecule has 2 bridgehead atoms. The highest BCUT2D eigenvalue weighted by molar-refractivity contribution is 5.84. The van der Waals surface area contributed by atoms with E-state index in [1.165, 1.54) is 0 Å². The van der Waals surface area contributed by atoms with Crippen LogP contribution in [0.3, 0.4) is 0 Å². The van der Waals surface area contributed by atoms with Gasteiger partial charge in [-0.25, -0.2) is 0 Å². The van der Waals surface area contributed by atoms with Crippen molar-refractivity contribution in [1.82, 2.24) is 9.80 Å². The number of hydrogen-bond donors (Lipinski definition) is 0. The third kappa shape index (κ3) is 2.87. The molecule has 6 nitrogen and oxygen atoms in total. The highest BCUT2D eigenvalue weighted by Crippen LogP contribution is 2.55. The van der Waals surface area contributed by atoms with Gasteiger partial charge in [0, 0.05) is 37.0 Å². The molecule has 3 rings (SSSR count). The highest BCUT2D eigenvalue weighted by Gasteiger charge is 2.67. The average molecular weight is 352 g/mol. The lowest BCUT2D eigenvalue weighted by Gasteiger charge is -2.37. The van der Waals surface area contributed by atoms with Gasteiger partial charge in [-0.1, -0.05) is 0 Å². The average Bonchev–Trinajstić information content (AvgIpc) is 3.12. The van der Waals surface area contributed by atoms with Gasteiger partial charge in [0.1, 0.15) is 12.2 Å². The Hall–Kier alpha value is -1.14. The van der Waals surface area contributed by atoms with E-state index in [1.807, 2.05) is 11.9 Å². The van der Waals surface area contributed by atoms with Crippen LogP contribution in [0.1, 0.15) is 48.0 Å². The van der Waals surface area contributed by atoms with E-state index in [1.54, 1.807) is 0 Å². The van der Waals surface area contributed by atoms with E-state index in [9.17, 15) is 9.59 Å². The van der Waals surface area contributed by atoms with Crippen molar-refractivity contribution < 1.29 is 19.1 Å². The molecule has 25 heavy (non-hydrogen) atoms. The first kappa shape index (κ1) is 18.6. The van der Waals surface area contributed by atoms with Crippen molar-refractivity contribution in [2.24, 2.45) is 11.8 Å². The number of amides is 1. The molecule has 0 aromatic heterocycles. The van der Waals surface area contributed by atoms with Gasteiger partial charge >= 0.3 is 5.97 Å². The Balaban J connectivity index is 1.67. The summed E-state index contributed by atoms with van der Waals surface area (Å²) in [5.74, 6) is -0.0238. The molecule has 142 valence electrons. The first-order valence-electron chi connectivity index (χ1n) is 9.44.